The zero-order valence-electron chi connectivity index (χ0n) is 16.3. The van der Waals surface area contributed by atoms with Gasteiger partial charge in [0.2, 0.25) is 0 Å². The number of fused-ring (bicyclic) bond motifs is 4. The van der Waals surface area contributed by atoms with Crippen LogP contribution in [0.1, 0.15) is 37.7 Å². The van der Waals surface area contributed by atoms with Crippen molar-refractivity contribution in [1.82, 2.24) is 15.3 Å². The fourth-order valence-corrected chi connectivity index (χ4v) is 3.61. The maximum absolute atomic E-state index is 13.0. The molecule has 28 heavy (non-hydrogen) atoms. The normalized spacial score (nSPS) is 17.9. The first-order valence-corrected chi connectivity index (χ1v) is 9.41. The van der Waals surface area contributed by atoms with E-state index >= 15 is 0 Å². The predicted octanol–water partition coefficient (Wildman–Crippen LogP) is 2.64. The number of urea groups is 1. The van der Waals surface area contributed by atoms with Crippen LogP contribution >= 0.6 is 0 Å². The molecule has 1 atom stereocenters. The molecule has 0 radical (unpaired) electrons. The van der Waals surface area contributed by atoms with E-state index in [4.69, 9.17) is 0 Å². The molecular weight excluding hydrogens is 356 g/mol. The molecule has 8 nitrogen and oxygen atoms in total. The summed E-state index contributed by atoms with van der Waals surface area (Å²) in [4.78, 5) is 38.2. The minimum Gasteiger partial charge on any atom is -0.366 e. The van der Waals surface area contributed by atoms with Gasteiger partial charge in [0.05, 0.1) is 11.7 Å². The molecule has 2 N–H and O–H groups in total. The fraction of sp³-hybridized carbons (Fsp3) is 0.400. The van der Waals surface area contributed by atoms with Crippen molar-refractivity contribution in [2.45, 2.75) is 38.8 Å². The molecule has 146 valence electrons. The lowest BCUT2D eigenvalue weighted by Crippen LogP contribution is -2.48. The number of anilines is 3. The highest BCUT2D eigenvalue weighted by atomic mass is 16.2. The Morgan fingerprint density at radius 1 is 1.18 bits per heavy atom. The van der Waals surface area contributed by atoms with Crippen LogP contribution < -0.4 is 20.4 Å². The smallest absolute Gasteiger partial charge is 0.329 e. The standard InChI is InChI=1S/C20H24N6O2/c1-20(2,3)24-18(27)14-7-8-15-17(22-14)26(13-9-11-25(15)12-13)19(28)23-16-6-4-5-10-21-16/h4-8,10,13H,9,11-12H2,1-3H3,(H,24,27)(H,21,23,28). The minimum absolute atomic E-state index is 0.0182. The molecule has 0 aliphatic carbocycles. The summed E-state index contributed by atoms with van der Waals surface area (Å²) in [7, 11) is 0. The Labute approximate surface area is 164 Å². The maximum atomic E-state index is 13.0. The van der Waals surface area contributed by atoms with Crippen LogP contribution in [0.15, 0.2) is 36.5 Å². The van der Waals surface area contributed by atoms with Crippen molar-refractivity contribution in [2.75, 3.05) is 28.2 Å². The number of carbonyl (C=O) groups is 2. The van der Waals surface area contributed by atoms with Gasteiger partial charge < -0.3 is 10.2 Å². The van der Waals surface area contributed by atoms with Gasteiger partial charge in [0, 0.05) is 24.8 Å². The molecule has 1 unspecified atom stereocenters. The number of amides is 3. The fourth-order valence-electron chi connectivity index (χ4n) is 3.61. The topological polar surface area (TPSA) is 90.5 Å². The van der Waals surface area contributed by atoms with Gasteiger partial charge in [-0.3, -0.25) is 15.0 Å². The maximum Gasteiger partial charge on any atom is 0.329 e. The van der Waals surface area contributed by atoms with E-state index in [1.807, 2.05) is 32.9 Å². The number of hydrogen-bond donors (Lipinski definition) is 2. The van der Waals surface area contributed by atoms with E-state index in [-0.39, 0.29) is 23.5 Å². The van der Waals surface area contributed by atoms with Crippen molar-refractivity contribution in [3.63, 3.8) is 0 Å². The Hall–Kier alpha value is -3.16. The van der Waals surface area contributed by atoms with Crippen LogP contribution in [0.2, 0.25) is 0 Å². The molecule has 1 saturated heterocycles. The molecule has 8 heteroatoms. The van der Waals surface area contributed by atoms with Crippen LogP contribution in [-0.4, -0.2) is 46.6 Å². The third kappa shape index (κ3) is 3.49. The number of pyridine rings is 2. The minimum atomic E-state index is -0.368. The average Bonchev–Trinajstić information content (AvgIpc) is 3.05. The number of nitrogens with zero attached hydrogens (tertiary/aromatic N) is 4. The van der Waals surface area contributed by atoms with Gasteiger partial charge in [-0.1, -0.05) is 6.07 Å². The van der Waals surface area contributed by atoms with E-state index < -0.39 is 0 Å². The Kier molecular flexibility index (Phi) is 4.41. The highest BCUT2D eigenvalue weighted by Crippen LogP contribution is 2.39. The molecule has 1 fully saturated rings. The SMILES string of the molecule is CC(C)(C)NC(=O)c1ccc2c(n1)N(C(=O)Nc1ccccn1)C1CCN2C1. The summed E-state index contributed by atoms with van der Waals surface area (Å²) in [6, 6.07) is 8.68. The summed E-state index contributed by atoms with van der Waals surface area (Å²) in [6.07, 6.45) is 2.49. The van der Waals surface area contributed by atoms with Gasteiger partial charge in [-0.25, -0.2) is 14.8 Å². The molecule has 2 aromatic rings. The molecule has 3 amide bonds. The summed E-state index contributed by atoms with van der Waals surface area (Å²) in [5.74, 6) is 0.744. The van der Waals surface area contributed by atoms with Crippen LogP contribution in [0.4, 0.5) is 22.1 Å². The van der Waals surface area contributed by atoms with Crippen molar-refractivity contribution in [1.29, 1.82) is 0 Å². The lowest BCUT2D eigenvalue weighted by molar-refractivity contribution is 0.0914. The predicted molar refractivity (Wildman–Crippen MR) is 108 cm³/mol. The highest BCUT2D eigenvalue weighted by molar-refractivity contribution is 6.05. The number of rotatable bonds is 2. The second-order valence-electron chi connectivity index (χ2n) is 8.15. The Balaban J connectivity index is 1.67. The summed E-state index contributed by atoms with van der Waals surface area (Å²) in [5, 5.41) is 5.76. The second-order valence-corrected chi connectivity index (χ2v) is 8.15. The molecule has 2 aliphatic rings. The van der Waals surface area contributed by atoms with Gasteiger partial charge >= 0.3 is 6.03 Å². The molecule has 4 rings (SSSR count). The lowest BCUT2D eigenvalue weighted by Gasteiger charge is -2.35. The third-order valence-corrected chi connectivity index (χ3v) is 4.79. The number of nitrogens with one attached hydrogen (secondary N) is 2. The first-order valence-electron chi connectivity index (χ1n) is 9.41. The first-order chi connectivity index (χ1) is 13.3. The summed E-state index contributed by atoms with van der Waals surface area (Å²) < 4.78 is 0. The monoisotopic (exact) mass is 380 g/mol. The molecular formula is C20H24N6O2. The van der Waals surface area contributed by atoms with Crippen molar-refractivity contribution >= 4 is 29.3 Å². The molecule has 4 heterocycles. The van der Waals surface area contributed by atoms with Crippen LogP contribution in [0.5, 0.6) is 0 Å². The molecule has 2 bridgehead atoms. The molecule has 2 aliphatic heterocycles. The van der Waals surface area contributed by atoms with Gasteiger partial charge in [0.1, 0.15) is 11.5 Å². The summed E-state index contributed by atoms with van der Waals surface area (Å²) >= 11 is 0. The largest absolute Gasteiger partial charge is 0.366 e. The molecule has 2 aromatic heterocycles. The van der Waals surface area contributed by atoms with E-state index in [2.05, 4.69) is 25.5 Å². The van der Waals surface area contributed by atoms with Gasteiger partial charge in [-0.05, 0) is 51.5 Å². The first kappa shape index (κ1) is 18.2. The van der Waals surface area contributed by atoms with Crippen LogP contribution in [0.25, 0.3) is 0 Å². The highest BCUT2D eigenvalue weighted by Gasteiger charge is 2.40. The lowest BCUT2D eigenvalue weighted by atomic mass is 10.1. The molecule has 0 spiro atoms. The van der Waals surface area contributed by atoms with Crippen molar-refractivity contribution < 1.29 is 9.59 Å². The summed E-state index contributed by atoms with van der Waals surface area (Å²) in [6.45, 7) is 7.38. The van der Waals surface area contributed by atoms with Gasteiger partial charge in [0.15, 0.2) is 5.82 Å². The molecule has 0 aromatic carbocycles. The Morgan fingerprint density at radius 2 is 2.00 bits per heavy atom. The van der Waals surface area contributed by atoms with Crippen LogP contribution in [0, 0.1) is 0 Å². The zero-order valence-corrected chi connectivity index (χ0v) is 16.3. The summed E-state index contributed by atoms with van der Waals surface area (Å²) in [5.41, 5.74) is 0.803. The van der Waals surface area contributed by atoms with Crippen molar-refractivity contribution in [3.8, 4) is 0 Å². The molecule has 0 saturated carbocycles. The van der Waals surface area contributed by atoms with Gasteiger partial charge in [-0.2, -0.15) is 0 Å². The van der Waals surface area contributed by atoms with E-state index in [0.29, 0.717) is 17.3 Å². The quantitative estimate of drug-likeness (QED) is 0.836. The average molecular weight is 380 g/mol. The third-order valence-electron chi connectivity index (χ3n) is 4.79. The zero-order chi connectivity index (χ0) is 19.9. The van der Waals surface area contributed by atoms with E-state index in [1.54, 1.807) is 29.3 Å². The Bertz CT molecular complexity index is 909. The van der Waals surface area contributed by atoms with Crippen LogP contribution in [-0.2, 0) is 0 Å². The number of hydrogen-bond acceptors (Lipinski definition) is 5. The van der Waals surface area contributed by atoms with E-state index in [9.17, 15) is 9.59 Å². The van der Waals surface area contributed by atoms with Gasteiger partial charge in [0.25, 0.3) is 5.91 Å². The van der Waals surface area contributed by atoms with Crippen LogP contribution in [0.3, 0.4) is 0 Å². The Morgan fingerprint density at radius 3 is 2.71 bits per heavy atom. The van der Waals surface area contributed by atoms with Crippen molar-refractivity contribution in [2.24, 2.45) is 0 Å². The van der Waals surface area contributed by atoms with E-state index in [0.717, 1.165) is 25.2 Å². The van der Waals surface area contributed by atoms with Gasteiger partial charge in [-0.15, -0.1) is 0 Å². The van der Waals surface area contributed by atoms with Crippen molar-refractivity contribution in [3.05, 3.63) is 42.2 Å². The number of aromatic nitrogens is 2. The number of carbonyl (C=O) groups excluding carboxylic acids is 2. The second kappa shape index (κ2) is 6.78. The van der Waals surface area contributed by atoms with E-state index in [1.165, 1.54) is 0 Å².